The van der Waals surface area contributed by atoms with Crippen molar-refractivity contribution in [3.05, 3.63) is 17.8 Å². The van der Waals surface area contributed by atoms with Gasteiger partial charge in [-0.25, -0.2) is 0 Å². The summed E-state index contributed by atoms with van der Waals surface area (Å²) in [7, 11) is 1.62. The predicted octanol–water partition coefficient (Wildman–Crippen LogP) is 1.46. The van der Waals surface area contributed by atoms with E-state index >= 15 is 0 Å². The Labute approximate surface area is 75.7 Å². The molecular weight excluding hydrogens is 166 g/mol. The predicted molar refractivity (Wildman–Crippen MR) is 51.8 cm³/mol. The van der Waals surface area contributed by atoms with Crippen molar-refractivity contribution in [3.63, 3.8) is 0 Å². The van der Waals surface area contributed by atoms with Crippen LogP contribution < -0.4 is 10.5 Å². The maximum atomic E-state index is 5.78. The van der Waals surface area contributed by atoms with E-state index in [9.17, 15) is 0 Å². The van der Waals surface area contributed by atoms with Gasteiger partial charge < -0.3 is 10.5 Å². The number of aryl methyl sites for hydroxylation is 1. The van der Waals surface area contributed by atoms with Crippen LogP contribution in [0.3, 0.4) is 0 Å². The maximum Gasteiger partial charge on any atom is 0.121 e. The van der Waals surface area contributed by atoms with E-state index in [1.807, 2.05) is 13.0 Å². The van der Waals surface area contributed by atoms with E-state index in [2.05, 4.69) is 10.2 Å². The highest BCUT2D eigenvalue weighted by molar-refractivity contribution is 5.92. The summed E-state index contributed by atoms with van der Waals surface area (Å²) in [5, 5.41) is 7.98. The Morgan fingerprint density at radius 1 is 1.46 bits per heavy atom. The molecule has 1 aromatic heterocycles. The zero-order valence-corrected chi connectivity index (χ0v) is 7.59. The summed E-state index contributed by atoms with van der Waals surface area (Å²) in [6.07, 6.45) is 0. The molecule has 13 heavy (non-hydrogen) atoms. The van der Waals surface area contributed by atoms with E-state index < -0.39 is 0 Å². The van der Waals surface area contributed by atoms with Crippen LogP contribution in [0, 0.1) is 6.92 Å². The van der Waals surface area contributed by atoms with Gasteiger partial charge in [0.2, 0.25) is 0 Å². The first-order chi connectivity index (χ1) is 6.22. The monoisotopic (exact) mass is 177 g/mol. The van der Waals surface area contributed by atoms with Gasteiger partial charge in [-0.2, -0.15) is 5.10 Å². The third kappa shape index (κ3) is 1.11. The second kappa shape index (κ2) is 2.65. The van der Waals surface area contributed by atoms with E-state index in [1.54, 1.807) is 13.2 Å². The molecule has 0 aliphatic carbocycles. The van der Waals surface area contributed by atoms with Crippen LogP contribution in [0.2, 0.25) is 0 Å². The Morgan fingerprint density at radius 2 is 2.23 bits per heavy atom. The number of benzene rings is 1. The normalized spacial score (nSPS) is 10.6. The Balaban J connectivity index is 2.80. The minimum absolute atomic E-state index is 0.638. The van der Waals surface area contributed by atoms with Crippen LogP contribution in [0.15, 0.2) is 12.1 Å². The molecule has 2 rings (SSSR count). The molecular formula is C9H11N3O. The molecule has 1 aromatic carbocycles. The third-order valence-corrected chi connectivity index (χ3v) is 2.09. The smallest absolute Gasteiger partial charge is 0.121 e. The second-order valence-electron chi connectivity index (χ2n) is 2.96. The molecule has 0 bridgehead atoms. The molecule has 0 amide bonds. The molecule has 0 fully saturated rings. The topological polar surface area (TPSA) is 63.9 Å². The first-order valence-corrected chi connectivity index (χ1v) is 4.00. The Bertz CT molecular complexity index is 447. The number of hydrogen-bond acceptors (Lipinski definition) is 3. The van der Waals surface area contributed by atoms with Crippen LogP contribution in [-0.4, -0.2) is 17.3 Å². The molecule has 0 aliphatic rings. The molecule has 1 heterocycles. The Kier molecular flexibility index (Phi) is 1.62. The van der Waals surface area contributed by atoms with Gasteiger partial charge in [0.05, 0.1) is 12.8 Å². The fraction of sp³-hybridized carbons (Fsp3) is 0.222. The molecule has 0 aliphatic heterocycles. The van der Waals surface area contributed by atoms with Crippen molar-refractivity contribution in [1.82, 2.24) is 10.2 Å². The summed E-state index contributed by atoms with van der Waals surface area (Å²) in [6, 6.07) is 3.69. The summed E-state index contributed by atoms with van der Waals surface area (Å²) < 4.78 is 5.11. The summed E-state index contributed by atoms with van der Waals surface area (Å²) in [5.74, 6) is 0.759. The van der Waals surface area contributed by atoms with Crippen molar-refractivity contribution in [3.8, 4) is 5.75 Å². The first-order valence-electron chi connectivity index (χ1n) is 4.00. The van der Waals surface area contributed by atoms with Gasteiger partial charge in [-0.3, -0.25) is 5.10 Å². The molecule has 0 saturated carbocycles. The summed E-state index contributed by atoms with van der Waals surface area (Å²) in [6.45, 7) is 1.95. The molecule has 4 heteroatoms. The van der Waals surface area contributed by atoms with Crippen LogP contribution in [0.1, 0.15) is 5.69 Å². The zero-order chi connectivity index (χ0) is 9.42. The van der Waals surface area contributed by atoms with Crippen LogP contribution >= 0.6 is 0 Å². The number of nitrogens with one attached hydrogen (secondary N) is 1. The quantitative estimate of drug-likeness (QED) is 0.648. The number of aromatic amines is 1. The van der Waals surface area contributed by atoms with E-state index in [4.69, 9.17) is 10.5 Å². The summed E-state index contributed by atoms with van der Waals surface area (Å²) >= 11 is 0. The fourth-order valence-corrected chi connectivity index (χ4v) is 1.36. The van der Waals surface area contributed by atoms with E-state index in [1.165, 1.54) is 0 Å². The van der Waals surface area contributed by atoms with Crippen molar-refractivity contribution in [2.24, 2.45) is 0 Å². The van der Waals surface area contributed by atoms with Gasteiger partial charge in [-0.05, 0) is 13.0 Å². The van der Waals surface area contributed by atoms with Gasteiger partial charge in [-0.1, -0.05) is 0 Å². The molecule has 0 saturated heterocycles. The molecule has 68 valence electrons. The number of anilines is 1. The lowest BCUT2D eigenvalue weighted by Gasteiger charge is -2.01. The first kappa shape index (κ1) is 7.91. The van der Waals surface area contributed by atoms with Gasteiger partial charge in [0.25, 0.3) is 0 Å². The molecule has 2 aromatic rings. The number of rotatable bonds is 1. The summed E-state index contributed by atoms with van der Waals surface area (Å²) in [4.78, 5) is 0. The zero-order valence-electron chi connectivity index (χ0n) is 7.59. The van der Waals surface area contributed by atoms with Crippen molar-refractivity contribution >= 4 is 16.6 Å². The van der Waals surface area contributed by atoms with Crippen LogP contribution in [0.4, 0.5) is 5.69 Å². The minimum atomic E-state index is 0.638. The van der Waals surface area contributed by atoms with Crippen molar-refractivity contribution in [2.75, 3.05) is 12.8 Å². The second-order valence-corrected chi connectivity index (χ2v) is 2.96. The number of ether oxygens (including phenoxy) is 1. The standard InChI is InChI=1S/C9H11N3O/c1-5-7-3-6(13-2)4-8(10)9(7)12-11-5/h3-4H,10H2,1-2H3,(H,11,12). The number of hydrogen-bond donors (Lipinski definition) is 2. The van der Waals surface area contributed by atoms with E-state index in [0.717, 1.165) is 22.3 Å². The maximum absolute atomic E-state index is 5.78. The number of nitrogens with two attached hydrogens (primary N) is 1. The van der Waals surface area contributed by atoms with Gasteiger partial charge in [-0.15, -0.1) is 0 Å². The van der Waals surface area contributed by atoms with E-state index in [0.29, 0.717) is 5.69 Å². The molecule has 0 unspecified atom stereocenters. The molecule has 0 spiro atoms. The average Bonchev–Trinajstić information content (AvgIpc) is 2.48. The highest BCUT2D eigenvalue weighted by atomic mass is 16.5. The largest absolute Gasteiger partial charge is 0.497 e. The van der Waals surface area contributed by atoms with Crippen molar-refractivity contribution in [1.29, 1.82) is 0 Å². The third-order valence-electron chi connectivity index (χ3n) is 2.09. The highest BCUT2D eigenvalue weighted by Gasteiger charge is 2.06. The lowest BCUT2D eigenvalue weighted by molar-refractivity contribution is 0.415. The minimum Gasteiger partial charge on any atom is -0.497 e. The Hall–Kier alpha value is -1.71. The molecule has 4 nitrogen and oxygen atoms in total. The molecule has 3 N–H and O–H groups in total. The lowest BCUT2D eigenvalue weighted by atomic mass is 10.2. The fourth-order valence-electron chi connectivity index (χ4n) is 1.36. The number of nitrogen functional groups attached to an aromatic ring is 1. The highest BCUT2D eigenvalue weighted by Crippen LogP contribution is 2.27. The summed E-state index contributed by atoms with van der Waals surface area (Å²) in [5.41, 5.74) is 8.23. The molecule has 0 radical (unpaired) electrons. The van der Waals surface area contributed by atoms with Crippen molar-refractivity contribution < 1.29 is 4.74 Å². The van der Waals surface area contributed by atoms with Gasteiger partial charge in [0, 0.05) is 17.1 Å². The van der Waals surface area contributed by atoms with Crippen molar-refractivity contribution in [2.45, 2.75) is 6.92 Å². The lowest BCUT2D eigenvalue weighted by Crippen LogP contribution is -1.89. The number of methoxy groups -OCH3 is 1. The average molecular weight is 177 g/mol. The SMILES string of the molecule is COc1cc(N)c2n[nH]c(C)c2c1. The number of H-pyrrole nitrogens is 1. The number of aromatic nitrogens is 2. The number of fused-ring (bicyclic) bond motifs is 1. The van der Waals surface area contributed by atoms with Gasteiger partial charge >= 0.3 is 0 Å². The van der Waals surface area contributed by atoms with Crippen LogP contribution in [0.25, 0.3) is 10.9 Å². The van der Waals surface area contributed by atoms with Crippen LogP contribution in [-0.2, 0) is 0 Å². The Morgan fingerprint density at radius 3 is 2.92 bits per heavy atom. The van der Waals surface area contributed by atoms with Crippen LogP contribution in [0.5, 0.6) is 5.75 Å². The van der Waals surface area contributed by atoms with E-state index in [-0.39, 0.29) is 0 Å². The molecule has 0 atom stereocenters. The van der Waals surface area contributed by atoms with Gasteiger partial charge in [0.15, 0.2) is 0 Å². The number of nitrogens with zero attached hydrogens (tertiary/aromatic N) is 1. The van der Waals surface area contributed by atoms with Gasteiger partial charge in [0.1, 0.15) is 11.3 Å².